The SMILES string of the molecule is Cc1ccc(C(=O)c2nn(-c3ccc(Cl)cc3)c(NCCCNC(=O)c3ccc(Cl)cc3Cl)c2C#N)cc1. The maximum absolute atomic E-state index is 13.3. The van der Waals surface area contributed by atoms with Gasteiger partial charge in [0.2, 0.25) is 5.78 Å². The molecule has 0 unspecified atom stereocenters. The van der Waals surface area contributed by atoms with Crippen LogP contribution >= 0.6 is 34.8 Å². The van der Waals surface area contributed by atoms with Gasteiger partial charge in [0.1, 0.15) is 17.5 Å². The first-order valence-corrected chi connectivity index (χ1v) is 12.8. The molecular weight excluding hydrogens is 545 g/mol. The van der Waals surface area contributed by atoms with Gasteiger partial charge in [0.15, 0.2) is 5.69 Å². The Morgan fingerprint density at radius 1 is 0.947 bits per heavy atom. The van der Waals surface area contributed by atoms with Crippen molar-refractivity contribution in [2.45, 2.75) is 13.3 Å². The predicted octanol–water partition coefficient (Wildman–Crippen LogP) is 6.48. The molecule has 0 aliphatic heterocycles. The Hall–Kier alpha value is -3.83. The number of nitriles is 1. The van der Waals surface area contributed by atoms with Crippen molar-refractivity contribution in [3.63, 3.8) is 0 Å². The van der Waals surface area contributed by atoms with E-state index in [0.29, 0.717) is 52.2 Å². The third-order valence-corrected chi connectivity index (χ3v) is 6.50. The number of halogens is 3. The standard InChI is InChI=1S/C28H22Cl3N5O2/c1-17-3-5-18(6-4-17)26(37)25-23(16-32)27(36(35-25)21-10-7-19(29)8-11-21)33-13-2-14-34-28(38)22-12-9-20(30)15-24(22)31/h3-12,15,33H,2,13-14H2,1H3,(H,34,38). The van der Waals surface area contributed by atoms with Crippen LogP contribution in [-0.4, -0.2) is 34.6 Å². The van der Waals surface area contributed by atoms with Crippen LogP contribution < -0.4 is 10.6 Å². The molecule has 0 fully saturated rings. The third kappa shape index (κ3) is 6.17. The molecule has 1 heterocycles. The number of aryl methyl sites for hydroxylation is 1. The van der Waals surface area contributed by atoms with E-state index in [2.05, 4.69) is 21.8 Å². The van der Waals surface area contributed by atoms with Crippen LogP contribution in [0.4, 0.5) is 5.82 Å². The van der Waals surface area contributed by atoms with Crippen LogP contribution in [0, 0.1) is 18.3 Å². The number of carbonyl (C=O) groups excluding carboxylic acids is 2. The first-order chi connectivity index (χ1) is 18.3. The van der Waals surface area contributed by atoms with Crippen molar-refractivity contribution in [2.24, 2.45) is 0 Å². The number of hydrogen-bond donors (Lipinski definition) is 2. The number of amides is 1. The van der Waals surface area contributed by atoms with Gasteiger partial charge in [-0.05, 0) is 55.8 Å². The van der Waals surface area contributed by atoms with Gasteiger partial charge >= 0.3 is 0 Å². The van der Waals surface area contributed by atoms with E-state index >= 15 is 0 Å². The van der Waals surface area contributed by atoms with E-state index in [9.17, 15) is 14.9 Å². The Morgan fingerprint density at radius 2 is 1.63 bits per heavy atom. The maximum atomic E-state index is 13.3. The largest absolute Gasteiger partial charge is 0.369 e. The summed E-state index contributed by atoms with van der Waals surface area (Å²) >= 11 is 18.1. The summed E-state index contributed by atoms with van der Waals surface area (Å²) < 4.78 is 1.52. The van der Waals surface area contributed by atoms with Crippen molar-refractivity contribution >= 4 is 52.3 Å². The average molecular weight is 567 g/mol. The summed E-state index contributed by atoms with van der Waals surface area (Å²) in [5.41, 5.74) is 2.57. The lowest BCUT2D eigenvalue weighted by molar-refractivity contribution is 0.0953. The molecule has 4 aromatic rings. The molecule has 2 N–H and O–H groups in total. The summed E-state index contributed by atoms with van der Waals surface area (Å²) in [7, 11) is 0. The molecule has 1 aromatic heterocycles. The molecule has 0 bridgehead atoms. The fourth-order valence-corrected chi connectivity index (χ4v) is 4.34. The minimum Gasteiger partial charge on any atom is -0.369 e. The zero-order valence-electron chi connectivity index (χ0n) is 20.3. The number of carbonyl (C=O) groups is 2. The van der Waals surface area contributed by atoms with Crippen LogP contribution in [0.3, 0.4) is 0 Å². The van der Waals surface area contributed by atoms with E-state index in [1.165, 1.54) is 10.7 Å². The summed E-state index contributed by atoms with van der Waals surface area (Å²) in [4.78, 5) is 25.7. The minimum absolute atomic E-state index is 0.0412. The van der Waals surface area contributed by atoms with Gasteiger partial charge in [-0.2, -0.15) is 10.4 Å². The number of aromatic nitrogens is 2. The second-order valence-electron chi connectivity index (χ2n) is 8.43. The Bertz CT molecular complexity index is 1520. The normalized spacial score (nSPS) is 10.6. The van der Waals surface area contributed by atoms with E-state index < -0.39 is 0 Å². The maximum Gasteiger partial charge on any atom is 0.252 e. The zero-order chi connectivity index (χ0) is 27.2. The number of ketones is 1. The van der Waals surface area contributed by atoms with Gasteiger partial charge in [0.05, 0.1) is 16.3 Å². The molecule has 0 spiro atoms. The van der Waals surface area contributed by atoms with Crippen LogP contribution in [0.25, 0.3) is 5.69 Å². The van der Waals surface area contributed by atoms with E-state index in [1.807, 2.05) is 19.1 Å². The van der Waals surface area contributed by atoms with E-state index in [1.54, 1.807) is 48.5 Å². The van der Waals surface area contributed by atoms with Gasteiger partial charge < -0.3 is 10.6 Å². The van der Waals surface area contributed by atoms with Gasteiger partial charge in [0.25, 0.3) is 5.91 Å². The highest BCUT2D eigenvalue weighted by molar-refractivity contribution is 6.36. The van der Waals surface area contributed by atoms with Gasteiger partial charge in [-0.1, -0.05) is 64.6 Å². The number of benzene rings is 3. The first kappa shape index (κ1) is 27.2. The zero-order valence-corrected chi connectivity index (χ0v) is 22.5. The highest BCUT2D eigenvalue weighted by atomic mass is 35.5. The van der Waals surface area contributed by atoms with Crippen LogP contribution in [-0.2, 0) is 0 Å². The highest BCUT2D eigenvalue weighted by Crippen LogP contribution is 2.26. The minimum atomic E-state index is -0.357. The first-order valence-electron chi connectivity index (χ1n) is 11.7. The summed E-state index contributed by atoms with van der Waals surface area (Å²) in [6, 6.07) is 20.8. The fraction of sp³-hybridized carbons (Fsp3) is 0.143. The molecule has 4 rings (SSSR count). The number of hydrogen-bond acceptors (Lipinski definition) is 5. The van der Waals surface area contributed by atoms with Crippen molar-refractivity contribution in [1.29, 1.82) is 5.26 Å². The number of nitrogens with one attached hydrogen (secondary N) is 2. The molecule has 7 nitrogen and oxygen atoms in total. The van der Waals surface area contributed by atoms with Crippen molar-refractivity contribution < 1.29 is 9.59 Å². The van der Waals surface area contributed by atoms with Crippen LogP contribution in [0.5, 0.6) is 0 Å². The molecule has 1 amide bonds. The highest BCUT2D eigenvalue weighted by Gasteiger charge is 2.25. The lowest BCUT2D eigenvalue weighted by atomic mass is 10.0. The fourth-order valence-electron chi connectivity index (χ4n) is 3.72. The smallest absolute Gasteiger partial charge is 0.252 e. The Balaban J connectivity index is 1.53. The second kappa shape index (κ2) is 12.1. The molecule has 3 aromatic carbocycles. The molecule has 38 heavy (non-hydrogen) atoms. The predicted molar refractivity (Wildman–Crippen MR) is 150 cm³/mol. The molecule has 0 atom stereocenters. The van der Waals surface area contributed by atoms with Crippen molar-refractivity contribution in [3.05, 3.63) is 110 Å². The van der Waals surface area contributed by atoms with Gasteiger partial charge in [-0.25, -0.2) is 4.68 Å². The lowest BCUT2D eigenvalue weighted by Crippen LogP contribution is -2.26. The van der Waals surface area contributed by atoms with Crippen molar-refractivity contribution in [2.75, 3.05) is 18.4 Å². The molecular formula is C28H22Cl3N5O2. The van der Waals surface area contributed by atoms with E-state index in [-0.39, 0.29) is 28.0 Å². The Morgan fingerprint density at radius 3 is 2.29 bits per heavy atom. The Kier molecular flexibility index (Phi) is 8.70. The molecule has 192 valence electrons. The summed E-state index contributed by atoms with van der Waals surface area (Å²) in [5, 5.41) is 21.8. The number of nitrogens with zero attached hydrogens (tertiary/aromatic N) is 3. The molecule has 0 radical (unpaired) electrons. The lowest BCUT2D eigenvalue weighted by Gasteiger charge is -2.11. The van der Waals surface area contributed by atoms with Crippen LogP contribution in [0.2, 0.25) is 15.1 Å². The second-order valence-corrected chi connectivity index (χ2v) is 9.71. The average Bonchev–Trinajstić information content (AvgIpc) is 3.27. The molecule has 0 aliphatic rings. The third-order valence-electron chi connectivity index (χ3n) is 5.70. The van der Waals surface area contributed by atoms with Gasteiger partial charge in [-0.15, -0.1) is 0 Å². The Labute approximate surface area is 234 Å². The molecule has 0 saturated heterocycles. The van der Waals surface area contributed by atoms with Crippen molar-refractivity contribution in [3.8, 4) is 11.8 Å². The van der Waals surface area contributed by atoms with E-state index in [0.717, 1.165) is 5.56 Å². The number of rotatable bonds is 9. The summed E-state index contributed by atoms with van der Waals surface area (Å²) in [5.74, 6) is -0.302. The van der Waals surface area contributed by atoms with Gasteiger partial charge in [-0.3, -0.25) is 9.59 Å². The monoisotopic (exact) mass is 565 g/mol. The van der Waals surface area contributed by atoms with Crippen LogP contribution in [0.15, 0.2) is 66.7 Å². The van der Waals surface area contributed by atoms with Crippen LogP contribution in [0.1, 0.15) is 44.0 Å². The van der Waals surface area contributed by atoms with E-state index in [4.69, 9.17) is 34.8 Å². The quantitative estimate of drug-likeness (QED) is 0.179. The van der Waals surface area contributed by atoms with Gasteiger partial charge in [0, 0.05) is 28.7 Å². The molecule has 10 heteroatoms. The topological polar surface area (TPSA) is 99.8 Å². The molecule has 0 aliphatic carbocycles. The summed E-state index contributed by atoms with van der Waals surface area (Å²) in [6.07, 6.45) is 0.523. The number of anilines is 1. The molecule has 0 saturated carbocycles. The van der Waals surface area contributed by atoms with Crippen molar-refractivity contribution in [1.82, 2.24) is 15.1 Å². The summed E-state index contributed by atoms with van der Waals surface area (Å²) in [6.45, 7) is 2.66.